The van der Waals surface area contributed by atoms with E-state index in [2.05, 4.69) is 4.72 Å². The Kier molecular flexibility index (Phi) is 4.83. The Bertz CT molecular complexity index is 943. The van der Waals surface area contributed by atoms with Gasteiger partial charge < -0.3 is 9.84 Å². The van der Waals surface area contributed by atoms with Crippen LogP contribution in [-0.2, 0) is 15.6 Å². The molecule has 1 heterocycles. The highest BCUT2D eigenvalue weighted by atomic mass is 32.2. The number of hydrogen-bond donors (Lipinski definition) is 2. The van der Waals surface area contributed by atoms with Gasteiger partial charge in [-0.15, -0.1) is 11.3 Å². The van der Waals surface area contributed by atoms with Crippen molar-refractivity contribution in [3.63, 3.8) is 0 Å². The molecule has 0 spiro atoms. The average molecular weight is 377 g/mol. The molecule has 25 heavy (non-hydrogen) atoms. The van der Waals surface area contributed by atoms with Crippen molar-refractivity contribution in [3.8, 4) is 5.75 Å². The second kappa shape index (κ2) is 6.76. The molecule has 2 N–H and O–H groups in total. The minimum Gasteiger partial charge on any atom is -0.497 e. The molecule has 1 unspecified atom stereocenters. The van der Waals surface area contributed by atoms with Crippen molar-refractivity contribution in [1.29, 1.82) is 0 Å². The van der Waals surface area contributed by atoms with Crippen LogP contribution >= 0.6 is 11.3 Å². The van der Waals surface area contributed by atoms with Crippen LogP contribution in [0.4, 0.5) is 0 Å². The van der Waals surface area contributed by atoms with Gasteiger partial charge in [-0.2, -0.15) is 0 Å². The number of rotatable bonds is 6. The summed E-state index contributed by atoms with van der Waals surface area (Å²) in [6.45, 7) is 1.49. The summed E-state index contributed by atoms with van der Waals surface area (Å²) in [5.41, 5.74) is -1.30. The van der Waals surface area contributed by atoms with E-state index in [9.17, 15) is 13.5 Å². The number of aliphatic hydroxyl groups is 1. The molecule has 132 valence electrons. The predicted molar refractivity (Wildman–Crippen MR) is 99.6 cm³/mol. The molecule has 0 amide bonds. The molecule has 0 fully saturated rings. The Labute approximate surface area is 150 Å². The number of nitrogens with one attached hydrogen (secondary N) is 1. The second-order valence-corrected chi connectivity index (χ2v) is 8.77. The van der Waals surface area contributed by atoms with Gasteiger partial charge in [0.25, 0.3) is 0 Å². The Morgan fingerprint density at radius 2 is 1.84 bits per heavy atom. The van der Waals surface area contributed by atoms with E-state index in [0.717, 1.165) is 10.1 Å². The summed E-state index contributed by atoms with van der Waals surface area (Å²) < 4.78 is 33.4. The highest BCUT2D eigenvalue weighted by Gasteiger charge is 2.28. The predicted octanol–water partition coefficient (Wildman–Crippen LogP) is 3.10. The van der Waals surface area contributed by atoms with Crippen molar-refractivity contribution in [2.45, 2.75) is 17.4 Å². The zero-order chi connectivity index (χ0) is 18.1. The van der Waals surface area contributed by atoms with E-state index in [1.807, 2.05) is 30.3 Å². The van der Waals surface area contributed by atoms with Gasteiger partial charge in [0, 0.05) is 16.1 Å². The molecular formula is C18H19NO4S2. The molecule has 0 bridgehead atoms. The Balaban J connectivity index is 1.78. The van der Waals surface area contributed by atoms with Gasteiger partial charge in [0.1, 0.15) is 11.4 Å². The van der Waals surface area contributed by atoms with Crippen LogP contribution in [0.25, 0.3) is 10.1 Å². The maximum Gasteiger partial charge on any atom is 0.240 e. The van der Waals surface area contributed by atoms with Gasteiger partial charge >= 0.3 is 0 Å². The lowest BCUT2D eigenvalue weighted by molar-refractivity contribution is 0.0666. The van der Waals surface area contributed by atoms with Crippen LogP contribution in [0.3, 0.4) is 0 Å². The van der Waals surface area contributed by atoms with Gasteiger partial charge in [-0.05, 0) is 48.7 Å². The first kappa shape index (κ1) is 17.9. The van der Waals surface area contributed by atoms with Crippen molar-refractivity contribution in [2.24, 2.45) is 0 Å². The molecule has 5 nitrogen and oxygen atoms in total. The number of ether oxygens (including phenoxy) is 1. The van der Waals surface area contributed by atoms with E-state index in [0.29, 0.717) is 10.6 Å². The van der Waals surface area contributed by atoms with E-state index in [-0.39, 0.29) is 11.4 Å². The zero-order valence-electron chi connectivity index (χ0n) is 13.9. The normalized spacial score (nSPS) is 14.4. The van der Waals surface area contributed by atoms with Gasteiger partial charge in [-0.25, -0.2) is 13.1 Å². The Morgan fingerprint density at radius 1 is 1.16 bits per heavy atom. The first-order valence-corrected chi connectivity index (χ1v) is 9.97. The van der Waals surface area contributed by atoms with E-state index in [1.165, 1.54) is 30.6 Å². The Morgan fingerprint density at radius 3 is 2.48 bits per heavy atom. The van der Waals surface area contributed by atoms with Crippen LogP contribution in [0.1, 0.15) is 11.8 Å². The van der Waals surface area contributed by atoms with Crippen LogP contribution in [0.2, 0.25) is 0 Å². The molecular weight excluding hydrogens is 358 g/mol. The average Bonchev–Trinajstić information content (AvgIpc) is 3.05. The summed E-state index contributed by atoms with van der Waals surface area (Å²) in [6.07, 6.45) is 0. The zero-order valence-corrected chi connectivity index (χ0v) is 15.5. The molecule has 0 aliphatic heterocycles. The number of sulfonamides is 1. The molecule has 2 aromatic carbocycles. The van der Waals surface area contributed by atoms with Crippen molar-refractivity contribution in [2.75, 3.05) is 13.7 Å². The molecule has 0 saturated heterocycles. The van der Waals surface area contributed by atoms with Crippen molar-refractivity contribution >= 4 is 31.4 Å². The third-order valence-corrected chi connectivity index (χ3v) is 6.72. The van der Waals surface area contributed by atoms with Crippen molar-refractivity contribution in [3.05, 3.63) is 59.5 Å². The fourth-order valence-corrected chi connectivity index (χ4v) is 4.65. The SMILES string of the molecule is COc1ccc(S(=O)(=O)NCC(C)(O)c2cc3ccccc3s2)cc1. The van der Waals surface area contributed by atoms with Gasteiger partial charge in [-0.1, -0.05) is 18.2 Å². The molecule has 3 aromatic rings. The topological polar surface area (TPSA) is 75.6 Å². The number of benzene rings is 2. The first-order valence-electron chi connectivity index (χ1n) is 7.67. The van der Waals surface area contributed by atoms with E-state index in [4.69, 9.17) is 4.74 Å². The second-order valence-electron chi connectivity index (χ2n) is 5.92. The minimum absolute atomic E-state index is 0.117. The van der Waals surface area contributed by atoms with Gasteiger partial charge in [0.15, 0.2) is 0 Å². The lowest BCUT2D eigenvalue weighted by atomic mass is 10.1. The molecule has 7 heteroatoms. The minimum atomic E-state index is -3.72. The number of thiophene rings is 1. The highest BCUT2D eigenvalue weighted by molar-refractivity contribution is 7.89. The summed E-state index contributed by atoms with van der Waals surface area (Å²) >= 11 is 1.45. The smallest absolute Gasteiger partial charge is 0.240 e. The van der Waals surface area contributed by atoms with Gasteiger partial charge in [-0.3, -0.25) is 0 Å². The first-order chi connectivity index (χ1) is 11.8. The summed E-state index contributed by atoms with van der Waals surface area (Å²) in [5, 5.41) is 11.8. The number of fused-ring (bicyclic) bond motifs is 1. The third kappa shape index (κ3) is 3.85. The highest BCUT2D eigenvalue weighted by Crippen LogP contribution is 2.33. The largest absolute Gasteiger partial charge is 0.497 e. The summed E-state index contributed by atoms with van der Waals surface area (Å²) in [6, 6.07) is 15.8. The molecule has 0 aliphatic carbocycles. The molecule has 0 radical (unpaired) electrons. The van der Waals surface area contributed by atoms with E-state index >= 15 is 0 Å². The molecule has 0 saturated carbocycles. The molecule has 1 aromatic heterocycles. The lowest BCUT2D eigenvalue weighted by Gasteiger charge is -2.22. The van der Waals surface area contributed by atoms with Crippen molar-refractivity contribution < 1.29 is 18.3 Å². The number of methoxy groups -OCH3 is 1. The van der Waals surface area contributed by atoms with Crippen LogP contribution in [0, 0.1) is 0 Å². The number of hydrogen-bond acceptors (Lipinski definition) is 5. The third-order valence-electron chi connectivity index (χ3n) is 3.93. The van der Waals surface area contributed by atoms with Gasteiger partial charge in [0.05, 0.1) is 12.0 Å². The monoisotopic (exact) mass is 377 g/mol. The molecule has 0 aliphatic rings. The maximum absolute atomic E-state index is 12.4. The van der Waals surface area contributed by atoms with Gasteiger partial charge in [0.2, 0.25) is 10.0 Å². The fraction of sp³-hybridized carbons (Fsp3) is 0.222. The summed E-state index contributed by atoms with van der Waals surface area (Å²) in [7, 11) is -2.20. The van der Waals surface area contributed by atoms with Crippen LogP contribution in [0.15, 0.2) is 59.5 Å². The maximum atomic E-state index is 12.4. The Hall–Kier alpha value is -1.93. The van der Waals surface area contributed by atoms with E-state index < -0.39 is 15.6 Å². The fourth-order valence-electron chi connectivity index (χ4n) is 2.41. The van der Waals surface area contributed by atoms with Crippen LogP contribution < -0.4 is 9.46 Å². The van der Waals surface area contributed by atoms with E-state index in [1.54, 1.807) is 19.1 Å². The molecule has 1 atom stereocenters. The summed E-state index contributed by atoms with van der Waals surface area (Å²) in [5.74, 6) is 0.580. The molecule has 3 rings (SSSR count). The standard InChI is InChI=1S/C18H19NO4S2/c1-18(20,17-11-13-5-3-4-6-16(13)24-17)12-19-25(21,22)15-9-7-14(23-2)8-10-15/h3-11,19-20H,12H2,1-2H3. The summed E-state index contributed by atoms with van der Waals surface area (Å²) in [4.78, 5) is 0.839. The van der Waals surface area contributed by atoms with Crippen LogP contribution in [0.5, 0.6) is 5.75 Å². The van der Waals surface area contributed by atoms with Crippen molar-refractivity contribution in [1.82, 2.24) is 4.72 Å². The quantitative estimate of drug-likeness (QED) is 0.692. The van der Waals surface area contributed by atoms with Crippen LogP contribution in [-0.4, -0.2) is 27.2 Å². The lowest BCUT2D eigenvalue weighted by Crippen LogP contribution is -2.38.